The average Bonchev–Trinajstić information content (AvgIpc) is 2.92. The molecule has 2 aliphatic carbocycles. The van der Waals surface area contributed by atoms with Gasteiger partial charge in [-0.2, -0.15) is 0 Å². The van der Waals surface area contributed by atoms with Crippen LogP contribution in [0.2, 0.25) is 0 Å². The van der Waals surface area contributed by atoms with Crippen LogP contribution in [0.15, 0.2) is 12.7 Å². The second kappa shape index (κ2) is 7.30. The normalized spacial score (nSPS) is 28.9. The molecule has 0 bridgehead atoms. The molecular weight excluding hydrogens is 280 g/mol. The van der Waals surface area contributed by atoms with Crippen molar-refractivity contribution in [3.63, 3.8) is 0 Å². The van der Waals surface area contributed by atoms with Crippen LogP contribution in [0.4, 0.5) is 0 Å². The second-order valence-corrected chi connectivity index (χ2v) is 6.93. The molecule has 0 radical (unpaired) electrons. The Bertz CT molecular complexity index is 425. The second-order valence-electron chi connectivity index (χ2n) is 6.93. The summed E-state index contributed by atoms with van der Waals surface area (Å²) in [5, 5.41) is 0. The summed E-state index contributed by atoms with van der Waals surface area (Å²) < 4.78 is 10.6. The zero-order valence-electron chi connectivity index (χ0n) is 13.8. The van der Waals surface area contributed by atoms with E-state index in [0.29, 0.717) is 5.92 Å². The highest BCUT2D eigenvalue weighted by molar-refractivity contribution is 5.80. The Labute approximate surface area is 133 Å². The van der Waals surface area contributed by atoms with Gasteiger partial charge in [-0.3, -0.25) is 9.59 Å². The summed E-state index contributed by atoms with van der Waals surface area (Å²) >= 11 is 0. The number of ether oxygens (including phenoxy) is 2. The van der Waals surface area contributed by atoms with Crippen molar-refractivity contribution in [1.29, 1.82) is 0 Å². The summed E-state index contributed by atoms with van der Waals surface area (Å²) in [6.45, 7) is 5.71. The van der Waals surface area contributed by atoms with Crippen LogP contribution >= 0.6 is 0 Å². The number of hydrogen-bond acceptors (Lipinski definition) is 4. The van der Waals surface area contributed by atoms with E-state index in [1.54, 1.807) is 0 Å². The quantitative estimate of drug-likeness (QED) is 0.507. The van der Waals surface area contributed by atoms with Gasteiger partial charge in [0.1, 0.15) is 5.60 Å². The Morgan fingerprint density at radius 2 is 2.05 bits per heavy atom. The average molecular weight is 308 g/mol. The highest BCUT2D eigenvalue weighted by Crippen LogP contribution is 2.49. The fourth-order valence-electron chi connectivity index (χ4n) is 3.72. The molecule has 0 N–H and O–H groups in total. The number of esters is 2. The number of carbonyl (C=O) groups excluding carboxylic acids is 2. The van der Waals surface area contributed by atoms with Gasteiger partial charge in [0, 0.05) is 5.92 Å². The number of hydrogen-bond donors (Lipinski definition) is 0. The van der Waals surface area contributed by atoms with Crippen molar-refractivity contribution >= 4 is 11.9 Å². The molecular formula is C18H28O4. The van der Waals surface area contributed by atoms with E-state index >= 15 is 0 Å². The fourth-order valence-corrected chi connectivity index (χ4v) is 3.72. The Kier molecular flexibility index (Phi) is 5.65. The summed E-state index contributed by atoms with van der Waals surface area (Å²) in [5.74, 6) is -0.172. The Morgan fingerprint density at radius 1 is 1.36 bits per heavy atom. The summed E-state index contributed by atoms with van der Waals surface area (Å²) in [7, 11) is 1.39. The first-order valence-electron chi connectivity index (χ1n) is 8.40. The van der Waals surface area contributed by atoms with E-state index < -0.39 is 0 Å². The molecule has 2 fully saturated rings. The zero-order valence-corrected chi connectivity index (χ0v) is 13.8. The maximum Gasteiger partial charge on any atom is 0.309 e. The molecule has 0 aromatic rings. The van der Waals surface area contributed by atoms with Crippen LogP contribution in [-0.4, -0.2) is 24.6 Å². The van der Waals surface area contributed by atoms with Crippen molar-refractivity contribution in [2.75, 3.05) is 7.11 Å². The van der Waals surface area contributed by atoms with Gasteiger partial charge in [-0.25, -0.2) is 0 Å². The van der Waals surface area contributed by atoms with Gasteiger partial charge in [0.2, 0.25) is 0 Å². The zero-order chi connectivity index (χ0) is 16.2. The van der Waals surface area contributed by atoms with E-state index in [1.165, 1.54) is 7.11 Å². The third-order valence-corrected chi connectivity index (χ3v) is 5.28. The van der Waals surface area contributed by atoms with Gasteiger partial charge in [0.05, 0.1) is 19.4 Å². The largest absolute Gasteiger partial charge is 0.469 e. The summed E-state index contributed by atoms with van der Waals surface area (Å²) in [5.41, 5.74) is -0.337. The molecule has 0 aliphatic heterocycles. The smallest absolute Gasteiger partial charge is 0.309 e. The molecule has 22 heavy (non-hydrogen) atoms. The lowest BCUT2D eigenvalue weighted by atomic mass is 9.88. The Hall–Kier alpha value is -1.32. The molecule has 0 saturated heterocycles. The van der Waals surface area contributed by atoms with Gasteiger partial charge in [0.25, 0.3) is 0 Å². The van der Waals surface area contributed by atoms with Gasteiger partial charge in [0.15, 0.2) is 0 Å². The van der Waals surface area contributed by atoms with E-state index in [-0.39, 0.29) is 35.8 Å². The van der Waals surface area contributed by atoms with Crippen LogP contribution in [0.3, 0.4) is 0 Å². The van der Waals surface area contributed by atoms with Crippen molar-refractivity contribution < 1.29 is 19.1 Å². The van der Waals surface area contributed by atoms with Crippen molar-refractivity contribution in [1.82, 2.24) is 0 Å². The predicted octanol–water partition coefficient (Wildman–Crippen LogP) is 3.64. The van der Waals surface area contributed by atoms with E-state index in [1.807, 2.05) is 13.0 Å². The number of allylic oxidation sites excluding steroid dienone is 1. The van der Waals surface area contributed by atoms with E-state index in [2.05, 4.69) is 6.58 Å². The molecule has 0 aromatic heterocycles. The predicted molar refractivity (Wildman–Crippen MR) is 84.1 cm³/mol. The summed E-state index contributed by atoms with van der Waals surface area (Å²) in [6, 6.07) is 0. The molecule has 4 heteroatoms. The van der Waals surface area contributed by atoms with Crippen LogP contribution in [-0.2, 0) is 19.1 Å². The Balaban J connectivity index is 1.86. The molecule has 124 valence electrons. The van der Waals surface area contributed by atoms with E-state index in [9.17, 15) is 9.59 Å². The minimum absolute atomic E-state index is 0.154. The van der Waals surface area contributed by atoms with Gasteiger partial charge in [-0.1, -0.05) is 18.9 Å². The first kappa shape index (κ1) is 17.0. The molecule has 0 spiro atoms. The lowest BCUT2D eigenvalue weighted by Crippen LogP contribution is -2.29. The number of carbonyl (C=O) groups is 2. The maximum atomic E-state index is 12.3. The highest BCUT2D eigenvalue weighted by atomic mass is 16.6. The molecule has 4 nitrogen and oxygen atoms in total. The number of rotatable bonds is 8. The van der Waals surface area contributed by atoms with Crippen LogP contribution in [0.1, 0.15) is 58.3 Å². The molecule has 2 aliphatic rings. The topological polar surface area (TPSA) is 52.6 Å². The Morgan fingerprint density at radius 3 is 2.64 bits per heavy atom. The summed E-state index contributed by atoms with van der Waals surface area (Å²) in [6.07, 6.45) is 9.20. The molecule has 0 unspecified atom stereocenters. The first-order chi connectivity index (χ1) is 10.5. The first-order valence-corrected chi connectivity index (χ1v) is 8.40. The van der Waals surface area contributed by atoms with Crippen molar-refractivity contribution in [2.45, 2.75) is 63.9 Å². The molecule has 2 rings (SSSR count). The van der Waals surface area contributed by atoms with Crippen LogP contribution in [0.25, 0.3) is 0 Å². The van der Waals surface area contributed by atoms with Gasteiger partial charge < -0.3 is 9.47 Å². The van der Waals surface area contributed by atoms with Crippen molar-refractivity contribution in [3.05, 3.63) is 12.7 Å². The van der Waals surface area contributed by atoms with Crippen LogP contribution in [0, 0.1) is 17.8 Å². The van der Waals surface area contributed by atoms with Crippen molar-refractivity contribution in [3.8, 4) is 0 Å². The highest BCUT2D eigenvalue weighted by Gasteiger charge is 2.53. The fraction of sp³-hybridized carbons (Fsp3) is 0.778. The molecule has 0 amide bonds. The molecule has 0 aromatic carbocycles. The lowest BCUT2D eigenvalue weighted by molar-refractivity contribution is -0.159. The minimum Gasteiger partial charge on any atom is -0.469 e. The maximum absolute atomic E-state index is 12.3. The number of methoxy groups -OCH3 is 1. The minimum atomic E-state index is -0.339. The van der Waals surface area contributed by atoms with Gasteiger partial charge >= 0.3 is 11.9 Å². The van der Waals surface area contributed by atoms with Gasteiger partial charge in [-0.05, 0) is 44.9 Å². The van der Waals surface area contributed by atoms with E-state index in [4.69, 9.17) is 9.47 Å². The molecule has 3 atom stereocenters. The third kappa shape index (κ3) is 4.11. The summed E-state index contributed by atoms with van der Waals surface area (Å²) in [4.78, 5) is 24.2. The molecule has 0 heterocycles. The lowest BCUT2D eigenvalue weighted by Gasteiger charge is -2.21. The standard InChI is InChI=1S/C18H28O4/c1-4-5-10-14-12-18(14,2)22-16(19)11-15(17(20)21-3)13-8-6-7-9-13/h4,13-15H,1,5-12H2,2-3H3/t14-,15+,18-/m1/s1. The van der Waals surface area contributed by atoms with Crippen LogP contribution in [0.5, 0.6) is 0 Å². The van der Waals surface area contributed by atoms with E-state index in [0.717, 1.165) is 44.9 Å². The SMILES string of the molecule is C=CCC[C@@H]1C[C@@]1(C)OC(=O)C[C@H](C(=O)OC)C1CCCC1. The monoisotopic (exact) mass is 308 g/mol. The molecule has 2 saturated carbocycles. The van der Waals surface area contributed by atoms with Gasteiger partial charge in [-0.15, -0.1) is 6.58 Å². The van der Waals surface area contributed by atoms with Crippen molar-refractivity contribution in [2.24, 2.45) is 17.8 Å². The van der Waals surface area contributed by atoms with Crippen LogP contribution < -0.4 is 0 Å². The third-order valence-electron chi connectivity index (χ3n) is 5.28.